The Morgan fingerprint density at radius 3 is 2.64 bits per heavy atom. The highest BCUT2D eigenvalue weighted by Gasteiger charge is 2.18. The van der Waals surface area contributed by atoms with Crippen molar-refractivity contribution >= 4 is 11.8 Å². The third kappa shape index (κ3) is 4.70. The molecule has 0 aromatic heterocycles. The number of hydrogen-bond acceptors (Lipinski definition) is 2. The Kier molecular flexibility index (Phi) is 6.70. The second-order valence-corrected chi connectivity index (χ2v) is 5.73. The van der Waals surface area contributed by atoms with E-state index >= 15 is 0 Å². The monoisotopic (exact) mass is 215 g/mol. The van der Waals surface area contributed by atoms with Gasteiger partial charge in [0.05, 0.1) is 0 Å². The van der Waals surface area contributed by atoms with Gasteiger partial charge >= 0.3 is 0 Å². The van der Waals surface area contributed by atoms with Crippen LogP contribution >= 0.6 is 11.8 Å². The highest BCUT2D eigenvalue weighted by atomic mass is 32.2. The molecule has 0 aromatic carbocycles. The molecule has 0 radical (unpaired) electrons. The number of nitrogens with one attached hydrogen (secondary N) is 1. The third-order valence-corrected chi connectivity index (χ3v) is 4.17. The fraction of sp³-hybridized carbons (Fsp3) is 1.00. The Labute approximate surface area is 93.4 Å². The van der Waals surface area contributed by atoms with Crippen LogP contribution in [0.4, 0.5) is 0 Å². The maximum atomic E-state index is 3.67. The minimum atomic E-state index is 0.743. The summed E-state index contributed by atoms with van der Waals surface area (Å²) < 4.78 is 0. The summed E-state index contributed by atoms with van der Waals surface area (Å²) in [5.41, 5.74) is 0. The quantitative estimate of drug-likeness (QED) is 0.682. The van der Waals surface area contributed by atoms with E-state index in [9.17, 15) is 0 Å². The lowest BCUT2D eigenvalue weighted by Gasteiger charge is -2.28. The van der Waals surface area contributed by atoms with E-state index in [-0.39, 0.29) is 0 Å². The van der Waals surface area contributed by atoms with Crippen molar-refractivity contribution in [1.29, 1.82) is 0 Å². The predicted octanol–water partition coefficient (Wildman–Crippen LogP) is 3.30. The van der Waals surface area contributed by atoms with E-state index in [4.69, 9.17) is 0 Å². The summed E-state index contributed by atoms with van der Waals surface area (Å²) >= 11 is 2.03. The zero-order valence-electron chi connectivity index (χ0n) is 9.72. The van der Waals surface area contributed by atoms with Crippen LogP contribution in [0.25, 0.3) is 0 Å². The van der Waals surface area contributed by atoms with Crippen molar-refractivity contribution in [2.75, 3.05) is 18.1 Å². The van der Waals surface area contributed by atoms with Gasteiger partial charge in [-0.25, -0.2) is 0 Å². The highest BCUT2D eigenvalue weighted by molar-refractivity contribution is 7.99. The molecule has 0 amide bonds. The van der Waals surface area contributed by atoms with Crippen molar-refractivity contribution in [3.05, 3.63) is 0 Å². The molecule has 0 unspecified atom stereocenters. The van der Waals surface area contributed by atoms with Crippen molar-refractivity contribution in [3.8, 4) is 0 Å². The van der Waals surface area contributed by atoms with E-state index in [2.05, 4.69) is 19.2 Å². The van der Waals surface area contributed by atoms with Gasteiger partial charge in [-0.3, -0.25) is 0 Å². The Balaban J connectivity index is 2.04. The van der Waals surface area contributed by atoms with Crippen LogP contribution in [0.2, 0.25) is 0 Å². The molecule has 0 aliphatic heterocycles. The van der Waals surface area contributed by atoms with Crippen LogP contribution in [0.1, 0.15) is 46.0 Å². The largest absolute Gasteiger partial charge is 0.313 e. The van der Waals surface area contributed by atoms with Gasteiger partial charge in [-0.2, -0.15) is 11.8 Å². The van der Waals surface area contributed by atoms with Gasteiger partial charge in [-0.1, -0.05) is 26.2 Å². The summed E-state index contributed by atoms with van der Waals surface area (Å²) in [6, 6.07) is 0.743. The molecular formula is C12H25NS. The topological polar surface area (TPSA) is 12.0 Å². The minimum absolute atomic E-state index is 0.743. The maximum absolute atomic E-state index is 3.67. The van der Waals surface area contributed by atoms with Crippen molar-refractivity contribution in [2.45, 2.75) is 52.0 Å². The maximum Gasteiger partial charge on any atom is 0.00673 e. The van der Waals surface area contributed by atoms with Gasteiger partial charge in [-0.15, -0.1) is 0 Å². The molecule has 1 rings (SSSR count). The molecule has 84 valence electrons. The van der Waals surface area contributed by atoms with E-state index in [0.29, 0.717) is 0 Å². The average Bonchev–Trinajstić information content (AvgIpc) is 2.25. The molecule has 1 atom stereocenters. The zero-order valence-corrected chi connectivity index (χ0v) is 10.5. The molecule has 0 saturated heterocycles. The molecule has 2 heteroatoms. The van der Waals surface area contributed by atoms with Crippen LogP contribution in [0.5, 0.6) is 0 Å². The molecule has 0 heterocycles. The van der Waals surface area contributed by atoms with E-state index in [0.717, 1.165) is 12.0 Å². The number of hydrogen-bond donors (Lipinski definition) is 1. The molecule has 1 nitrogen and oxygen atoms in total. The first kappa shape index (κ1) is 12.4. The standard InChI is InChI=1S/C12H25NS/c1-3-14-10-9-13-11(2)12-7-5-4-6-8-12/h11-13H,3-10H2,1-2H3/t11-/m0/s1. The van der Waals surface area contributed by atoms with Gasteiger partial charge in [0.2, 0.25) is 0 Å². The number of rotatable bonds is 6. The second-order valence-electron chi connectivity index (χ2n) is 4.34. The molecule has 1 saturated carbocycles. The first-order valence-corrected chi connectivity index (χ1v) is 7.31. The van der Waals surface area contributed by atoms with Crippen LogP contribution in [-0.2, 0) is 0 Å². The highest BCUT2D eigenvalue weighted by Crippen LogP contribution is 2.26. The Morgan fingerprint density at radius 1 is 1.29 bits per heavy atom. The predicted molar refractivity (Wildman–Crippen MR) is 67.0 cm³/mol. The van der Waals surface area contributed by atoms with E-state index in [1.807, 2.05) is 11.8 Å². The van der Waals surface area contributed by atoms with Crippen molar-refractivity contribution < 1.29 is 0 Å². The Hall–Kier alpha value is 0.310. The molecule has 0 spiro atoms. The molecular weight excluding hydrogens is 190 g/mol. The zero-order chi connectivity index (χ0) is 10.2. The fourth-order valence-electron chi connectivity index (χ4n) is 2.30. The summed E-state index contributed by atoms with van der Waals surface area (Å²) in [4.78, 5) is 0. The normalized spacial score (nSPS) is 21.0. The molecule has 1 aliphatic carbocycles. The van der Waals surface area contributed by atoms with Crippen molar-refractivity contribution in [2.24, 2.45) is 5.92 Å². The first-order chi connectivity index (χ1) is 6.84. The summed E-state index contributed by atoms with van der Waals surface area (Å²) in [7, 11) is 0. The first-order valence-electron chi connectivity index (χ1n) is 6.15. The lowest BCUT2D eigenvalue weighted by Crippen LogP contribution is -2.35. The Morgan fingerprint density at radius 2 is 2.00 bits per heavy atom. The van der Waals surface area contributed by atoms with E-state index < -0.39 is 0 Å². The molecule has 1 aliphatic rings. The molecule has 14 heavy (non-hydrogen) atoms. The van der Waals surface area contributed by atoms with Gasteiger partial charge in [0.15, 0.2) is 0 Å². The lowest BCUT2D eigenvalue weighted by atomic mass is 9.84. The molecule has 0 aromatic rings. The van der Waals surface area contributed by atoms with Gasteiger partial charge in [0.1, 0.15) is 0 Å². The third-order valence-electron chi connectivity index (χ3n) is 3.27. The minimum Gasteiger partial charge on any atom is -0.313 e. The van der Waals surface area contributed by atoms with Crippen LogP contribution < -0.4 is 5.32 Å². The number of thioether (sulfide) groups is 1. The van der Waals surface area contributed by atoms with Gasteiger partial charge in [-0.05, 0) is 31.4 Å². The average molecular weight is 215 g/mol. The Bertz CT molecular complexity index is 132. The van der Waals surface area contributed by atoms with Crippen molar-refractivity contribution in [3.63, 3.8) is 0 Å². The summed E-state index contributed by atoms with van der Waals surface area (Å²) in [5.74, 6) is 3.47. The molecule has 0 bridgehead atoms. The van der Waals surface area contributed by atoms with Gasteiger partial charge in [0, 0.05) is 18.3 Å². The van der Waals surface area contributed by atoms with Gasteiger partial charge in [0.25, 0.3) is 0 Å². The van der Waals surface area contributed by atoms with Crippen LogP contribution in [0.3, 0.4) is 0 Å². The van der Waals surface area contributed by atoms with E-state index in [1.165, 1.54) is 50.2 Å². The van der Waals surface area contributed by atoms with Crippen molar-refractivity contribution in [1.82, 2.24) is 5.32 Å². The molecule has 1 fully saturated rings. The SMILES string of the molecule is CCSCCN[C@@H](C)C1CCCCC1. The van der Waals surface area contributed by atoms with Crippen LogP contribution in [-0.4, -0.2) is 24.1 Å². The van der Waals surface area contributed by atoms with E-state index in [1.54, 1.807) is 0 Å². The smallest absolute Gasteiger partial charge is 0.00673 e. The second kappa shape index (κ2) is 7.58. The lowest BCUT2D eigenvalue weighted by molar-refractivity contribution is 0.285. The summed E-state index contributed by atoms with van der Waals surface area (Å²) in [6.45, 7) is 5.79. The fourth-order valence-corrected chi connectivity index (χ4v) is 2.85. The van der Waals surface area contributed by atoms with Gasteiger partial charge < -0.3 is 5.32 Å². The van der Waals surface area contributed by atoms with Crippen LogP contribution in [0, 0.1) is 5.92 Å². The summed E-state index contributed by atoms with van der Waals surface area (Å²) in [5, 5.41) is 3.67. The summed E-state index contributed by atoms with van der Waals surface area (Å²) in [6.07, 6.45) is 7.29. The molecule has 1 N–H and O–H groups in total. The van der Waals surface area contributed by atoms with Crippen LogP contribution in [0.15, 0.2) is 0 Å².